The lowest BCUT2D eigenvalue weighted by atomic mass is 10.3. The molecule has 17 heavy (non-hydrogen) atoms. The van der Waals surface area contributed by atoms with Gasteiger partial charge in [-0.1, -0.05) is 30.4 Å². The molecule has 1 aromatic heterocycles. The van der Waals surface area contributed by atoms with E-state index in [9.17, 15) is 0 Å². The summed E-state index contributed by atoms with van der Waals surface area (Å²) in [7, 11) is 0. The first-order valence-corrected chi connectivity index (χ1v) is 6.00. The van der Waals surface area contributed by atoms with Crippen LogP contribution in [0.1, 0.15) is 18.7 Å². The van der Waals surface area contributed by atoms with Gasteiger partial charge in [0.05, 0.1) is 11.0 Å². The van der Waals surface area contributed by atoms with Crippen LogP contribution in [-0.4, -0.2) is 9.55 Å². The summed E-state index contributed by atoms with van der Waals surface area (Å²) in [4.78, 5) is 4.54. The van der Waals surface area contributed by atoms with Crippen LogP contribution >= 0.6 is 0 Å². The number of fused-ring (bicyclic) bond motifs is 1. The molecule has 1 aromatic carbocycles. The molecule has 0 spiro atoms. The average Bonchev–Trinajstić information content (AvgIpc) is 2.65. The summed E-state index contributed by atoms with van der Waals surface area (Å²) in [5, 5.41) is 0. The largest absolute Gasteiger partial charge is 0.324 e. The Labute approximate surface area is 102 Å². The van der Waals surface area contributed by atoms with Gasteiger partial charge in [-0.15, -0.1) is 6.58 Å². The Morgan fingerprint density at radius 3 is 2.88 bits per heavy atom. The molecular weight excluding hydrogens is 208 g/mol. The smallest absolute Gasteiger partial charge is 0.107 e. The number of rotatable bonds is 5. The van der Waals surface area contributed by atoms with Crippen LogP contribution in [0.25, 0.3) is 11.0 Å². The number of aryl methyl sites for hydroxylation is 1. The average molecular weight is 226 g/mol. The molecule has 2 nitrogen and oxygen atoms in total. The van der Waals surface area contributed by atoms with E-state index in [1.165, 1.54) is 5.52 Å². The van der Waals surface area contributed by atoms with Gasteiger partial charge in [-0.05, 0) is 31.9 Å². The summed E-state index contributed by atoms with van der Waals surface area (Å²) in [6.07, 6.45) is 8.46. The fraction of sp³-hybridized carbons (Fsp3) is 0.267. The number of hydrogen-bond donors (Lipinski definition) is 0. The number of aromatic nitrogens is 2. The molecule has 2 aromatic rings. The summed E-state index contributed by atoms with van der Waals surface area (Å²) >= 11 is 0. The third-order valence-corrected chi connectivity index (χ3v) is 2.84. The summed E-state index contributed by atoms with van der Waals surface area (Å²) < 4.78 is 2.24. The minimum atomic E-state index is 0.892. The van der Waals surface area contributed by atoms with E-state index < -0.39 is 0 Å². The number of hydrogen-bond acceptors (Lipinski definition) is 1. The standard InChI is InChI=1S/C15H18N2/c1-3-4-5-6-9-12-17-13(2)16-14-10-7-8-11-15(14)17/h3,6-11H,1,4-5,12H2,2H3/b9-6+. The van der Waals surface area contributed by atoms with Gasteiger partial charge < -0.3 is 4.57 Å². The van der Waals surface area contributed by atoms with E-state index >= 15 is 0 Å². The lowest BCUT2D eigenvalue weighted by Crippen LogP contribution is -1.97. The monoisotopic (exact) mass is 226 g/mol. The predicted octanol–water partition coefficient (Wildman–Crippen LogP) is 3.87. The maximum absolute atomic E-state index is 4.54. The molecular formula is C15H18N2. The fourth-order valence-electron chi connectivity index (χ4n) is 1.94. The number of benzene rings is 1. The number of imidazole rings is 1. The second kappa shape index (κ2) is 5.48. The molecule has 88 valence electrons. The first-order chi connectivity index (χ1) is 8.33. The van der Waals surface area contributed by atoms with Crippen molar-refractivity contribution in [2.24, 2.45) is 0 Å². The SMILES string of the molecule is C=CCC/C=C/Cn1c(C)nc2ccccc21. The minimum Gasteiger partial charge on any atom is -0.324 e. The number of unbranched alkanes of at least 4 members (excludes halogenated alkanes) is 1. The topological polar surface area (TPSA) is 17.8 Å². The van der Waals surface area contributed by atoms with E-state index in [2.05, 4.69) is 53.4 Å². The van der Waals surface area contributed by atoms with Gasteiger partial charge in [0.25, 0.3) is 0 Å². The molecule has 0 bridgehead atoms. The van der Waals surface area contributed by atoms with Gasteiger partial charge in [-0.2, -0.15) is 0 Å². The van der Waals surface area contributed by atoms with Crippen molar-refractivity contribution >= 4 is 11.0 Å². The summed E-state index contributed by atoms with van der Waals surface area (Å²) in [6.45, 7) is 6.66. The van der Waals surface area contributed by atoms with Crippen molar-refractivity contribution in [1.29, 1.82) is 0 Å². The molecule has 0 atom stereocenters. The molecule has 0 aliphatic carbocycles. The Balaban J connectivity index is 2.15. The Hall–Kier alpha value is -1.83. The van der Waals surface area contributed by atoms with Gasteiger partial charge >= 0.3 is 0 Å². The highest BCUT2D eigenvalue weighted by Crippen LogP contribution is 2.15. The van der Waals surface area contributed by atoms with E-state index in [0.717, 1.165) is 30.7 Å². The van der Waals surface area contributed by atoms with Crippen molar-refractivity contribution in [2.75, 3.05) is 0 Å². The lowest BCUT2D eigenvalue weighted by Gasteiger charge is -2.02. The van der Waals surface area contributed by atoms with Crippen molar-refractivity contribution < 1.29 is 0 Å². The van der Waals surface area contributed by atoms with Crippen LogP contribution in [0.4, 0.5) is 0 Å². The zero-order valence-electron chi connectivity index (χ0n) is 10.3. The zero-order chi connectivity index (χ0) is 12.1. The minimum absolute atomic E-state index is 0.892. The van der Waals surface area contributed by atoms with Gasteiger partial charge in [0.1, 0.15) is 5.82 Å². The molecule has 1 heterocycles. The van der Waals surface area contributed by atoms with Crippen LogP contribution in [0.5, 0.6) is 0 Å². The van der Waals surface area contributed by atoms with E-state index in [4.69, 9.17) is 0 Å². The van der Waals surface area contributed by atoms with E-state index in [-0.39, 0.29) is 0 Å². The maximum Gasteiger partial charge on any atom is 0.107 e. The number of nitrogens with zero attached hydrogens (tertiary/aromatic N) is 2. The van der Waals surface area contributed by atoms with E-state index in [1.54, 1.807) is 0 Å². The molecule has 0 unspecified atom stereocenters. The van der Waals surface area contributed by atoms with Crippen LogP contribution in [-0.2, 0) is 6.54 Å². The fourth-order valence-corrected chi connectivity index (χ4v) is 1.94. The Bertz CT molecular complexity index is 535. The Morgan fingerprint density at radius 1 is 1.24 bits per heavy atom. The molecule has 0 aliphatic rings. The van der Waals surface area contributed by atoms with Crippen LogP contribution in [0.2, 0.25) is 0 Å². The molecule has 0 amide bonds. The molecule has 0 fully saturated rings. The highest BCUT2D eigenvalue weighted by Gasteiger charge is 2.03. The van der Waals surface area contributed by atoms with Gasteiger partial charge in [0.2, 0.25) is 0 Å². The first-order valence-electron chi connectivity index (χ1n) is 6.00. The molecule has 2 heteroatoms. The van der Waals surface area contributed by atoms with Crippen LogP contribution in [0, 0.1) is 6.92 Å². The quantitative estimate of drug-likeness (QED) is 0.559. The molecule has 0 aliphatic heterocycles. The predicted molar refractivity (Wildman–Crippen MR) is 73.0 cm³/mol. The molecule has 0 radical (unpaired) electrons. The third kappa shape index (κ3) is 2.64. The summed E-state index contributed by atoms with van der Waals surface area (Å²) in [5.41, 5.74) is 2.28. The number of para-hydroxylation sites is 2. The Kier molecular flexibility index (Phi) is 3.76. The number of allylic oxidation sites excluding steroid dienone is 3. The van der Waals surface area contributed by atoms with Crippen molar-refractivity contribution in [3.8, 4) is 0 Å². The van der Waals surface area contributed by atoms with Crippen molar-refractivity contribution in [3.63, 3.8) is 0 Å². The van der Waals surface area contributed by atoms with Crippen LogP contribution < -0.4 is 0 Å². The Morgan fingerprint density at radius 2 is 2.06 bits per heavy atom. The normalized spacial score (nSPS) is 11.4. The van der Waals surface area contributed by atoms with Crippen molar-refractivity contribution in [3.05, 3.63) is 54.9 Å². The first kappa shape index (κ1) is 11.6. The van der Waals surface area contributed by atoms with Crippen molar-refractivity contribution in [1.82, 2.24) is 9.55 Å². The highest BCUT2D eigenvalue weighted by molar-refractivity contribution is 5.75. The van der Waals surface area contributed by atoms with Crippen LogP contribution in [0.3, 0.4) is 0 Å². The van der Waals surface area contributed by atoms with E-state index in [1.807, 2.05) is 12.1 Å². The third-order valence-electron chi connectivity index (χ3n) is 2.84. The molecule has 0 saturated carbocycles. The highest BCUT2D eigenvalue weighted by atomic mass is 15.1. The second-order valence-corrected chi connectivity index (χ2v) is 4.10. The summed E-state index contributed by atoms with van der Waals surface area (Å²) in [5.74, 6) is 1.07. The van der Waals surface area contributed by atoms with Gasteiger partial charge in [-0.25, -0.2) is 4.98 Å². The second-order valence-electron chi connectivity index (χ2n) is 4.10. The van der Waals surface area contributed by atoms with Crippen molar-refractivity contribution in [2.45, 2.75) is 26.3 Å². The summed E-state index contributed by atoms with van der Waals surface area (Å²) in [6, 6.07) is 8.26. The van der Waals surface area contributed by atoms with Gasteiger partial charge in [0, 0.05) is 6.54 Å². The lowest BCUT2D eigenvalue weighted by molar-refractivity contribution is 0.802. The van der Waals surface area contributed by atoms with Crippen LogP contribution in [0.15, 0.2) is 49.1 Å². The zero-order valence-corrected chi connectivity index (χ0v) is 10.3. The van der Waals surface area contributed by atoms with Gasteiger partial charge in [0.15, 0.2) is 0 Å². The molecule has 0 saturated heterocycles. The molecule has 0 N–H and O–H groups in total. The van der Waals surface area contributed by atoms with Gasteiger partial charge in [-0.3, -0.25) is 0 Å². The maximum atomic E-state index is 4.54. The van der Waals surface area contributed by atoms with E-state index in [0.29, 0.717) is 0 Å². The molecule has 2 rings (SSSR count).